The summed E-state index contributed by atoms with van der Waals surface area (Å²) in [6.45, 7) is -0.410. The van der Waals surface area contributed by atoms with E-state index in [4.69, 9.17) is 14.3 Å². The number of carboxylic acid groups (broad SMARTS) is 1. The Bertz CT molecular complexity index is 1210. The van der Waals surface area contributed by atoms with Gasteiger partial charge in [0.15, 0.2) is 6.61 Å². The van der Waals surface area contributed by atoms with Gasteiger partial charge in [-0.2, -0.15) is 9.78 Å². The molecule has 0 saturated heterocycles. The Kier molecular flexibility index (Phi) is 4.73. The van der Waals surface area contributed by atoms with E-state index in [0.29, 0.717) is 32.9 Å². The lowest BCUT2D eigenvalue weighted by Gasteiger charge is -2.03. The smallest absolute Gasteiger partial charge is 0.341 e. The average molecular weight is 395 g/mol. The standard InChI is InChI=1S/C19H13N3O5S/c23-16(24)9-27-13-5-3-12(4-6-13)8-21-22-11-20-18-17(19(22)25)14(10-28-18)15-2-1-7-26-15/h1-8,10-11H,9H2,(H,23,24)/b21-8-. The van der Waals surface area contributed by atoms with Gasteiger partial charge in [-0.3, -0.25) is 4.79 Å². The van der Waals surface area contributed by atoms with Crippen LogP contribution in [0.1, 0.15) is 5.56 Å². The van der Waals surface area contributed by atoms with Gasteiger partial charge in [0.1, 0.15) is 22.7 Å². The van der Waals surface area contributed by atoms with Gasteiger partial charge < -0.3 is 14.3 Å². The van der Waals surface area contributed by atoms with Crippen molar-refractivity contribution in [3.63, 3.8) is 0 Å². The van der Waals surface area contributed by atoms with Crippen molar-refractivity contribution in [1.82, 2.24) is 9.66 Å². The number of aromatic nitrogens is 2. The van der Waals surface area contributed by atoms with Gasteiger partial charge in [0.2, 0.25) is 0 Å². The third-order valence-electron chi connectivity index (χ3n) is 3.84. The van der Waals surface area contributed by atoms with E-state index >= 15 is 0 Å². The third kappa shape index (κ3) is 3.55. The van der Waals surface area contributed by atoms with E-state index in [1.807, 2.05) is 5.38 Å². The first-order valence-electron chi connectivity index (χ1n) is 8.13. The number of thiophene rings is 1. The molecule has 1 N–H and O–H groups in total. The first-order valence-corrected chi connectivity index (χ1v) is 9.01. The number of aliphatic carboxylic acids is 1. The van der Waals surface area contributed by atoms with E-state index in [1.54, 1.807) is 42.7 Å². The van der Waals surface area contributed by atoms with Crippen LogP contribution in [-0.2, 0) is 4.79 Å². The van der Waals surface area contributed by atoms with E-state index in [9.17, 15) is 9.59 Å². The molecule has 4 rings (SSSR count). The number of carboxylic acids is 1. The van der Waals surface area contributed by atoms with Gasteiger partial charge in [0.25, 0.3) is 5.56 Å². The van der Waals surface area contributed by atoms with Crippen LogP contribution < -0.4 is 10.3 Å². The average Bonchev–Trinajstić information content (AvgIpc) is 3.36. The quantitative estimate of drug-likeness (QED) is 0.503. The van der Waals surface area contributed by atoms with E-state index in [2.05, 4.69) is 10.1 Å². The lowest BCUT2D eigenvalue weighted by molar-refractivity contribution is -0.139. The number of ether oxygens (including phenoxy) is 1. The van der Waals surface area contributed by atoms with Crippen LogP contribution in [0, 0.1) is 0 Å². The highest BCUT2D eigenvalue weighted by atomic mass is 32.1. The highest BCUT2D eigenvalue weighted by molar-refractivity contribution is 7.17. The topological polar surface area (TPSA) is 107 Å². The van der Waals surface area contributed by atoms with Crippen LogP contribution in [0.25, 0.3) is 21.5 Å². The van der Waals surface area contributed by atoms with Gasteiger partial charge in [-0.05, 0) is 42.0 Å². The van der Waals surface area contributed by atoms with Crippen LogP contribution in [0.15, 0.2) is 68.7 Å². The fourth-order valence-corrected chi connectivity index (χ4v) is 3.43. The van der Waals surface area contributed by atoms with E-state index in [-0.39, 0.29) is 5.56 Å². The lowest BCUT2D eigenvalue weighted by Crippen LogP contribution is -2.16. The molecule has 8 nitrogen and oxygen atoms in total. The Morgan fingerprint density at radius 2 is 2.14 bits per heavy atom. The van der Waals surface area contributed by atoms with Crippen molar-refractivity contribution >= 4 is 33.7 Å². The molecule has 28 heavy (non-hydrogen) atoms. The number of fused-ring (bicyclic) bond motifs is 1. The molecular weight excluding hydrogens is 382 g/mol. The van der Waals surface area contributed by atoms with Crippen LogP contribution >= 0.6 is 11.3 Å². The van der Waals surface area contributed by atoms with Crippen LogP contribution in [0.5, 0.6) is 5.75 Å². The summed E-state index contributed by atoms with van der Waals surface area (Å²) in [5.74, 6) is -0.0137. The van der Waals surface area contributed by atoms with E-state index in [0.717, 1.165) is 4.68 Å². The van der Waals surface area contributed by atoms with Gasteiger partial charge in [0, 0.05) is 10.9 Å². The molecule has 0 aliphatic carbocycles. The van der Waals surface area contributed by atoms with Gasteiger partial charge in [-0.25, -0.2) is 9.78 Å². The Balaban J connectivity index is 1.61. The predicted octanol–water partition coefficient (Wildman–Crippen LogP) is 3.06. The molecule has 0 aliphatic heterocycles. The summed E-state index contributed by atoms with van der Waals surface area (Å²) in [6, 6.07) is 10.2. The molecule has 4 aromatic rings. The van der Waals surface area contributed by atoms with Crippen molar-refractivity contribution in [3.8, 4) is 17.1 Å². The molecule has 0 radical (unpaired) electrons. The minimum Gasteiger partial charge on any atom is -0.482 e. The fraction of sp³-hybridized carbons (Fsp3) is 0.0526. The fourth-order valence-electron chi connectivity index (χ4n) is 2.54. The Morgan fingerprint density at radius 3 is 2.86 bits per heavy atom. The number of hydrogen-bond donors (Lipinski definition) is 1. The highest BCUT2D eigenvalue weighted by Crippen LogP contribution is 2.30. The summed E-state index contributed by atoms with van der Waals surface area (Å²) in [6.07, 6.45) is 4.43. The van der Waals surface area contributed by atoms with Crippen molar-refractivity contribution in [3.05, 3.63) is 70.3 Å². The first-order chi connectivity index (χ1) is 13.6. The van der Waals surface area contributed by atoms with E-state index in [1.165, 1.54) is 23.9 Å². The second kappa shape index (κ2) is 7.49. The zero-order valence-corrected chi connectivity index (χ0v) is 15.1. The molecule has 3 aromatic heterocycles. The zero-order chi connectivity index (χ0) is 19.5. The number of rotatable bonds is 6. The number of nitrogens with zero attached hydrogens (tertiary/aromatic N) is 3. The number of benzene rings is 1. The molecule has 0 aliphatic rings. The monoisotopic (exact) mass is 395 g/mol. The molecular formula is C19H13N3O5S. The SMILES string of the molecule is O=C(O)COc1ccc(/C=N\n2cnc3scc(-c4ccco4)c3c2=O)cc1. The molecule has 0 saturated carbocycles. The maximum atomic E-state index is 12.8. The molecule has 0 bridgehead atoms. The largest absolute Gasteiger partial charge is 0.482 e. The highest BCUT2D eigenvalue weighted by Gasteiger charge is 2.14. The van der Waals surface area contributed by atoms with Crippen LogP contribution in [-0.4, -0.2) is 33.6 Å². The molecule has 0 atom stereocenters. The minimum absolute atomic E-state index is 0.296. The summed E-state index contributed by atoms with van der Waals surface area (Å²) in [7, 11) is 0. The molecule has 0 amide bonds. The normalized spacial score (nSPS) is 11.3. The summed E-state index contributed by atoms with van der Waals surface area (Å²) in [5.41, 5.74) is 1.11. The number of furan rings is 1. The second-order valence-electron chi connectivity index (χ2n) is 5.70. The van der Waals surface area contributed by atoms with Gasteiger partial charge in [-0.15, -0.1) is 11.3 Å². The summed E-state index contributed by atoms with van der Waals surface area (Å²) in [5, 5.41) is 15.1. The predicted molar refractivity (Wildman–Crippen MR) is 104 cm³/mol. The Hall–Kier alpha value is -3.72. The first kappa shape index (κ1) is 17.7. The molecule has 0 spiro atoms. The molecule has 9 heteroatoms. The lowest BCUT2D eigenvalue weighted by atomic mass is 10.2. The number of carbonyl (C=O) groups is 1. The van der Waals surface area contributed by atoms with Gasteiger partial charge in [0.05, 0.1) is 17.9 Å². The Labute approximate surface area is 162 Å². The minimum atomic E-state index is -1.05. The summed E-state index contributed by atoms with van der Waals surface area (Å²) < 4.78 is 11.6. The molecule has 1 aromatic carbocycles. The maximum absolute atomic E-state index is 12.8. The van der Waals surface area contributed by atoms with Crippen LogP contribution in [0.2, 0.25) is 0 Å². The van der Waals surface area contributed by atoms with Gasteiger partial charge in [-0.1, -0.05) is 0 Å². The van der Waals surface area contributed by atoms with Crippen molar-refractivity contribution in [2.45, 2.75) is 0 Å². The van der Waals surface area contributed by atoms with Crippen molar-refractivity contribution < 1.29 is 19.1 Å². The van der Waals surface area contributed by atoms with Gasteiger partial charge >= 0.3 is 5.97 Å². The van der Waals surface area contributed by atoms with Crippen molar-refractivity contribution in [1.29, 1.82) is 0 Å². The van der Waals surface area contributed by atoms with E-state index < -0.39 is 12.6 Å². The maximum Gasteiger partial charge on any atom is 0.341 e. The van der Waals surface area contributed by atoms with Crippen molar-refractivity contribution in [2.24, 2.45) is 5.10 Å². The van der Waals surface area contributed by atoms with Crippen LogP contribution in [0.4, 0.5) is 0 Å². The third-order valence-corrected chi connectivity index (χ3v) is 4.72. The molecule has 0 fully saturated rings. The molecule has 140 valence electrons. The number of hydrogen-bond acceptors (Lipinski definition) is 7. The molecule has 0 unspecified atom stereocenters. The second-order valence-corrected chi connectivity index (χ2v) is 6.56. The summed E-state index contributed by atoms with van der Waals surface area (Å²) >= 11 is 1.37. The van der Waals surface area contributed by atoms with Crippen molar-refractivity contribution in [2.75, 3.05) is 6.61 Å². The molecule has 3 heterocycles. The summed E-state index contributed by atoms with van der Waals surface area (Å²) in [4.78, 5) is 28.2. The zero-order valence-electron chi connectivity index (χ0n) is 14.3. The van der Waals surface area contributed by atoms with Crippen LogP contribution in [0.3, 0.4) is 0 Å². The Morgan fingerprint density at radius 1 is 1.32 bits per heavy atom.